The summed E-state index contributed by atoms with van der Waals surface area (Å²) in [6, 6.07) is 10.9. The molecule has 0 saturated heterocycles. The number of urea groups is 1. The molecule has 3 atom stereocenters. The number of aliphatic hydroxyl groups is 1. The monoisotopic (exact) mass is 428 g/mol. The van der Waals surface area contributed by atoms with Gasteiger partial charge in [-0.15, -0.1) is 0 Å². The number of hydrogen-bond donors (Lipinski definition) is 3. The van der Waals surface area contributed by atoms with E-state index in [1.165, 1.54) is 5.56 Å². The molecule has 4 nitrogen and oxygen atoms in total. The Hall–Kier alpha value is -2.04. The Kier molecular flexibility index (Phi) is 6.22. The van der Waals surface area contributed by atoms with Gasteiger partial charge in [-0.25, -0.2) is 4.79 Å². The van der Waals surface area contributed by atoms with Gasteiger partial charge in [-0.05, 0) is 83.5 Å². The van der Waals surface area contributed by atoms with Crippen molar-refractivity contribution in [1.82, 2.24) is 0 Å². The molecule has 0 bridgehead atoms. The van der Waals surface area contributed by atoms with Crippen LogP contribution in [0, 0.1) is 18.3 Å². The molecule has 1 aliphatic rings. The second-order valence-electron chi connectivity index (χ2n) is 9.61. The molecule has 5 heteroatoms. The lowest BCUT2D eigenvalue weighted by Crippen LogP contribution is -2.25. The lowest BCUT2D eigenvalue weighted by molar-refractivity contribution is 0.0455. The minimum atomic E-state index is -0.606. The molecule has 0 aliphatic heterocycles. The second kappa shape index (κ2) is 8.24. The number of hydrogen-bond acceptors (Lipinski definition) is 2. The van der Waals surface area contributed by atoms with Gasteiger partial charge in [-0.3, -0.25) is 0 Å². The molecule has 3 N–H and O–H groups in total. The summed E-state index contributed by atoms with van der Waals surface area (Å²) in [6.45, 7) is 12.6. The van der Waals surface area contributed by atoms with Crippen LogP contribution in [0.4, 0.5) is 16.2 Å². The maximum absolute atomic E-state index is 12.6. The van der Waals surface area contributed by atoms with Crippen molar-refractivity contribution in [3.05, 3.63) is 58.1 Å². The molecule has 3 rings (SSSR count). The molecule has 2 amide bonds. The highest BCUT2D eigenvalue weighted by Gasteiger charge is 2.50. The number of aryl methyl sites for hydroxylation is 1. The molecule has 0 heterocycles. The average molecular weight is 429 g/mol. The highest BCUT2D eigenvalue weighted by molar-refractivity contribution is 6.30. The summed E-state index contributed by atoms with van der Waals surface area (Å²) >= 11 is 5.99. The van der Waals surface area contributed by atoms with Crippen LogP contribution in [0.3, 0.4) is 0 Å². The molecule has 1 aliphatic carbocycles. The minimum absolute atomic E-state index is 0.0847. The molecule has 1 saturated carbocycles. The minimum Gasteiger partial charge on any atom is -0.388 e. The third kappa shape index (κ3) is 4.50. The lowest BCUT2D eigenvalue weighted by atomic mass is 9.76. The van der Waals surface area contributed by atoms with Crippen LogP contribution in [0.25, 0.3) is 0 Å². The summed E-state index contributed by atoms with van der Waals surface area (Å²) in [7, 11) is 0. The first-order chi connectivity index (χ1) is 14.0. The molecule has 2 aromatic rings. The van der Waals surface area contributed by atoms with Gasteiger partial charge in [-0.1, -0.05) is 52.3 Å². The van der Waals surface area contributed by atoms with Crippen LogP contribution in [-0.4, -0.2) is 11.1 Å². The summed E-state index contributed by atoms with van der Waals surface area (Å²) in [5.74, 6) is 0.586. The largest absolute Gasteiger partial charge is 0.388 e. The predicted molar refractivity (Wildman–Crippen MR) is 125 cm³/mol. The molecule has 3 unspecified atom stereocenters. The lowest BCUT2D eigenvalue weighted by Gasteiger charge is -2.32. The normalized spacial score (nSPS) is 21.8. The smallest absolute Gasteiger partial charge is 0.323 e. The number of rotatable bonds is 6. The van der Waals surface area contributed by atoms with Gasteiger partial charge in [-0.2, -0.15) is 0 Å². The number of amides is 2. The summed E-state index contributed by atoms with van der Waals surface area (Å²) in [5.41, 5.74) is 4.19. The van der Waals surface area contributed by atoms with Crippen molar-refractivity contribution in [3.8, 4) is 0 Å². The van der Waals surface area contributed by atoms with Crippen LogP contribution in [0.15, 0.2) is 36.4 Å². The van der Waals surface area contributed by atoms with E-state index >= 15 is 0 Å². The van der Waals surface area contributed by atoms with Crippen molar-refractivity contribution in [2.24, 2.45) is 11.3 Å². The quantitative estimate of drug-likeness (QED) is 0.461. The zero-order chi connectivity index (χ0) is 22.3. The van der Waals surface area contributed by atoms with Crippen molar-refractivity contribution >= 4 is 29.0 Å². The number of halogens is 1. The molecule has 0 radical (unpaired) electrons. The van der Waals surface area contributed by atoms with Crippen molar-refractivity contribution in [2.45, 2.75) is 65.9 Å². The Bertz CT molecular complexity index is 956. The van der Waals surface area contributed by atoms with E-state index < -0.39 is 6.10 Å². The van der Waals surface area contributed by atoms with Crippen molar-refractivity contribution in [2.75, 3.05) is 10.6 Å². The Morgan fingerprint density at radius 1 is 1.27 bits per heavy atom. The topological polar surface area (TPSA) is 61.4 Å². The highest BCUT2D eigenvalue weighted by Crippen LogP contribution is 2.56. The van der Waals surface area contributed by atoms with Crippen molar-refractivity contribution in [1.29, 1.82) is 0 Å². The average Bonchev–Trinajstić information content (AvgIpc) is 3.30. The maximum atomic E-state index is 12.6. The molecule has 30 heavy (non-hydrogen) atoms. The number of benzene rings is 2. The van der Waals surface area contributed by atoms with Crippen LogP contribution in [0.1, 0.15) is 70.3 Å². The van der Waals surface area contributed by atoms with Crippen LogP contribution >= 0.6 is 11.6 Å². The standard InChI is InChI=1S/C25H33ClN2O2/c1-7-24(4,5)22(29)19-13-18(9-10-20(19)25(6)14-16(25)3)27-23(30)28-21-11-8-17(26)12-15(21)2/h8-13,16,22,29H,7,14H2,1-6H3,(H2,27,28,30). The number of carbonyl (C=O) groups is 1. The third-order valence-corrected chi connectivity index (χ3v) is 7.20. The SMILES string of the molecule is CCC(C)(C)C(O)c1cc(NC(=O)Nc2ccc(Cl)cc2C)ccc1C1(C)CC1C. The van der Waals surface area contributed by atoms with E-state index in [0.29, 0.717) is 22.3 Å². The zero-order valence-electron chi connectivity index (χ0n) is 18.8. The van der Waals surface area contributed by atoms with E-state index in [0.717, 1.165) is 24.0 Å². The highest BCUT2D eigenvalue weighted by atomic mass is 35.5. The van der Waals surface area contributed by atoms with Gasteiger partial charge < -0.3 is 15.7 Å². The molecule has 0 spiro atoms. The van der Waals surface area contributed by atoms with E-state index in [1.807, 2.05) is 25.1 Å². The number of nitrogens with one attached hydrogen (secondary N) is 2. The number of anilines is 2. The molecular weight excluding hydrogens is 396 g/mol. The molecule has 1 fully saturated rings. The van der Waals surface area contributed by atoms with Gasteiger partial charge in [0, 0.05) is 16.4 Å². The fraction of sp³-hybridized carbons (Fsp3) is 0.480. The Morgan fingerprint density at radius 2 is 1.93 bits per heavy atom. The molecule has 2 aromatic carbocycles. The van der Waals surface area contributed by atoms with E-state index in [4.69, 9.17) is 11.6 Å². The summed E-state index contributed by atoms with van der Waals surface area (Å²) in [5, 5.41) is 17.6. The summed E-state index contributed by atoms with van der Waals surface area (Å²) in [4.78, 5) is 12.6. The first-order valence-corrected chi connectivity index (χ1v) is 11.0. The first-order valence-electron chi connectivity index (χ1n) is 10.6. The van der Waals surface area contributed by atoms with Crippen LogP contribution < -0.4 is 10.6 Å². The van der Waals surface area contributed by atoms with Gasteiger partial charge in [0.1, 0.15) is 0 Å². The van der Waals surface area contributed by atoms with Gasteiger partial charge in [0.2, 0.25) is 0 Å². The summed E-state index contributed by atoms with van der Waals surface area (Å²) in [6.07, 6.45) is 1.36. The first kappa shape index (κ1) is 22.6. The maximum Gasteiger partial charge on any atom is 0.323 e. The fourth-order valence-electron chi connectivity index (χ4n) is 4.01. The van der Waals surface area contributed by atoms with Crippen LogP contribution in [0.2, 0.25) is 5.02 Å². The van der Waals surface area contributed by atoms with Gasteiger partial charge >= 0.3 is 6.03 Å². The van der Waals surface area contributed by atoms with Gasteiger partial charge in [0.05, 0.1) is 6.10 Å². The number of carbonyl (C=O) groups excluding carboxylic acids is 1. The van der Waals surface area contributed by atoms with E-state index in [1.54, 1.807) is 12.1 Å². The predicted octanol–water partition coefficient (Wildman–Crippen LogP) is 7.06. The molecule has 0 aromatic heterocycles. The van der Waals surface area contributed by atoms with Gasteiger partial charge in [0.25, 0.3) is 0 Å². The number of aliphatic hydroxyl groups excluding tert-OH is 1. The van der Waals surface area contributed by atoms with E-state index in [9.17, 15) is 9.90 Å². The Balaban J connectivity index is 1.87. The fourth-order valence-corrected chi connectivity index (χ4v) is 4.23. The van der Waals surface area contributed by atoms with E-state index in [-0.39, 0.29) is 16.9 Å². The van der Waals surface area contributed by atoms with Crippen LogP contribution in [0.5, 0.6) is 0 Å². The van der Waals surface area contributed by atoms with Crippen molar-refractivity contribution < 1.29 is 9.90 Å². The Labute approximate surface area is 185 Å². The Morgan fingerprint density at radius 3 is 2.50 bits per heavy atom. The zero-order valence-corrected chi connectivity index (χ0v) is 19.5. The molecular formula is C25H33ClN2O2. The van der Waals surface area contributed by atoms with Crippen molar-refractivity contribution in [3.63, 3.8) is 0 Å². The van der Waals surface area contributed by atoms with Crippen LogP contribution in [-0.2, 0) is 5.41 Å². The third-order valence-electron chi connectivity index (χ3n) is 6.97. The second-order valence-corrected chi connectivity index (χ2v) is 10.0. The van der Waals surface area contributed by atoms with Gasteiger partial charge in [0.15, 0.2) is 0 Å². The van der Waals surface area contributed by atoms with E-state index in [2.05, 4.69) is 51.3 Å². The summed E-state index contributed by atoms with van der Waals surface area (Å²) < 4.78 is 0. The molecule has 162 valence electrons.